The van der Waals surface area contributed by atoms with Gasteiger partial charge in [-0.25, -0.2) is 4.39 Å². The number of rotatable bonds is 6. The van der Waals surface area contributed by atoms with E-state index in [9.17, 15) is 14.0 Å². The molecular weight excluding hydrogens is 383 g/mol. The molecule has 0 saturated carbocycles. The van der Waals surface area contributed by atoms with Gasteiger partial charge in [-0.2, -0.15) is 0 Å². The van der Waals surface area contributed by atoms with Gasteiger partial charge >= 0.3 is 0 Å². The first-order valence-electron chi connectivity index (χ1n) is 10.6. The van der Waals surface area contributed by atoms with E-state index in [1.54, 1.807) is 18.2 Å². The van der Waals surface area contributed by atoms with E-state index in [4.69, 9.17) is 4.74 Å². The van der Waals surface area contributed by atoms with Gasteiger partial charge in [0.25, 0.3) is 0 Å². The fourth-order valence-electron chi connectivity index (χ4n) is 4.19. The summed E-state index contributed by atoms with van der Waals surface area (Å²) < 4.78 is 19.2. The maximum atomic E-state index is 13.7. The molecule has 0 aliphatic carbocycles. The van der Waals surface area contributed by atoms with Gasteiger partial charge in [0.2, 0.25) is 11.8 Å². The quantitative estimate of drug-likeness (QED) is 0.797. The lowest BCUT2D eigenvalue weighted by Gasteiger charge is -2.31. The molecule has 1 N–H and O–H groups in total. The number of hydrogen-bond acceptors (Lipinski definition) is 3. The topological polar surface area (TPSA) is 58.6 Å². The fourth-order valence-corrected chi connectivity index (χ4v) is 4.19. The van der Waals surface area contributed by atoms with Gasteiger partial charge in [0, 0.05) is 32.0 Å². The summed E-state index contributed by atoms with van der Waals surface area (Å²) in [6, 6.07) is 12.6. The summed E-state index contributed by atoms with van der Waals surface area (Å²) in [5.41, 5.74) is 2.79. The minimum atomic E-state index is -0.241. The van der Waals surface area contributed by atoms with Gasteiger partial charge in [0.15, 0.2) is 0 Å². The standard InChI is InChI=1S/C24H27FN2O3/c25-21-4-2-1-3-18(21)7-11-26-24(29)19-8-12-27(13-9-19)23(28)16-17-5-6-22-20(15-17)10-14-30-22/h1-6,15,19H,7-14,16H2,(H,26,29). The van der Waals surface area contributed by atoms with E-state index in [1.807, 2.05) is 17.0 Å². The van der Waals surface area contributed by atoms with Crippen LogP contribution in [-0.2, 0) is 28.9 Å². The molecular formula is C24H27FN2O3. The number of nitrogens with zero attached hydrogens (tertiary/aromatic N) is 1. The van der Waals surface area contributed by atoms with Crippen LogP contribution in [0.1, 0.15) is 29.5 Å². The lowest BCUT2D eigenvalue weighted by atomic mass is 9.95. The molecule has 158 valence electrons. The van der Waals surface area contributed by atoms with Crippen molar-refractivity contribution in [2.75, 3.05) is 26.2 Å². The van der Waals surface area contributed by atoms with Crippen LogP contribution in [0.5, 0.6) is 5.75 Å². The summed E-state index contributed by atoms with van der Waals surface area (Å²) in [7, 11) is 0. The largest absolute Gasteiger partial charge is 0.493 e. The molecule has 4 rings (SSSR count). The summed E-state index contributed by atoms with van der Waals surface area (Å²) in [6.45, 7) is 2.32. The summed E-state index contributed by atoms with van der Waals surface area (Å²) >= 11 is 0. The second-order valence-electron chi connectivity index (χ2n) is 8.00. The predicted molar refractivity (Wildman–Crippen MR) is 112 cm³/mol. The number of benzene rings is 2. The smallest absolute Gasteiger partial charge is 0.226 e. The summed E-state index contributed by atoms with van der Waals surface area (Å²) in [5, 5.41) is 2.91. The van der Waals surface area contributed by atoms with E-state index in [-0.39, 0.29) is 23.5 Å². The molecule has 1 fully saturated rings. The third kappa shape index (κ3) is 4.81. The molecule has 0 spiro atoms. The first-order chi connectivity index (χ1) is 14.6. The molecule has 2 heterocycles. The average molecular weight is 410 g/mol. The highest BCUT2D eigenvalue weighted by atomic mass is 19.1. The van der Waals surface area contributed by atoms with E-state index in [1.165, 1.54) is 11.6 Å². The number of piperidine rings is 1. The van der Waals surface area contributed by atoms with Gasteiger partial charge in [0.05, 0.1) is 13.0 Å². The Balaban J connectivity index is 1.21. The minimum Gasteiger partial charge on any atom is -0.493 e. The number of carbonyl (C=O) groups excluding carboxylic acids is 2. The van der Waals surface area contributed by atoms with Crippen LogP contribution in [0, 0.1) is 11.7 Å². The maximum absolute atomic E-state index is 13.7. The molecule has 5 nitrogen and oxygen atoms in total. The van der Waals surface area contributed by atoms with Gasteiger partial charge in [-0.1, -0.05) is 30.3 Å². The Hall–Kier alpha value is -2.89. The SMILES string of the molecule is O=C(NCCc1ccccc1F)C1CCN(C(=O)Cc2ccc3c(c2)CCO3)CC1. The molecule has 6 heteroatoms. The molecule has 0 aromatic heterocycles. The normalized spacial score (nSPS) is 16.1. The maximum Gasteiger partial charge on any atom is 0.226 e. The van der Waals surface area contributed by atoms with Crippen LogP contribution in [0.2, 0.25) is 0 Å². The lowest BCUT2D eigenvalue weighted by Crippen LogP contribution is -2.43. The number of hydrogen-bond donors (Lipinski definition) is 1. The molecule has 2 aromatic rings. The predicted octanol–water partition coefficient (Wildman–Crippen LogP) is 2.90. The van der Waals surface area contributed by atoms with Crippen molar-refractivity contribution in [2.24, 2.45) is 5.92 Å². The van der Waals surface area contributed by atoms with Crippen molar-refractivity contribution in [2.45, 2.75) is 32.1 Å². The molecule has 0 unspecified atom stereocenters. The Kier molecular flexibility index (Phi) is 6.31. The molecule has 0 atom stereocenters. The zero-order chi connectivity index (χ0) is 20.9. The molecule has 30 heavy (non-hydrogen) atoms. The molecule has 2 aromatic carbocycles. The number of fused-ring (bicyclic) bond motifs is 1. The van der Waals surface area contributed by atoms with Crippen LogP contribution < -0.4 is 10.1 Å². The van der Waals surface area contributed by atoms with Crippen molar-refractivity contribution in [3.05, 3.63) is 65.0 Å². The first-order valence-corrected chi connectivity index (χ1v) is 10.6. The second-order valence-corrected chi connectivity index (χ2v) is 8.00. The molecule has 2 aliphatic heterocycles. The van der Waals surface area contributed by atoms with Crippen LogP contribution in [0.25, 0.3) is 0 Å². The van der Waals surface area contributed by atoms with Gasteiger partial charge in [-0.3, -0.25) is 9.59 Å². The number of carbonyl (C=O) groups is 2. The number of amides is 2. The zero-order valence-corrected chi connectivity index (χ0v) is 17.0. The average Bonchev–Trinajstić information content (AvgIpc) is 3.23. The van der Waals surface area contributed by atoms with Crippen molar-refractivity contribution in [3.63, 3.8) is 0 Å². The third-order valence-electron chi connectivity index (χ3n) is 5.98. The van der Waals surface area contributed by atoms with Crippen LogP contribution in [0.3, 0.4) is 0 Å². The number of nitrogens with one attached hydrogen (secondary N) is 1. The molecule has 2 aliphatic rings. The van der Waals surface area contributed by atoms with Crippen molar-refractivity contribution < 1.29 is 18.7 Å². The van der Waals surface area contributed by atoms with Crippen LogP contribution in [-0.4, -0.2) is 43.0 Å². The van der Waals surface area contributed by atoms with E-state index in [0.717, 1.165) is 17.7 Å². The van der Waals surface area contributed by atoms with Gasteiger partial charge < -0.3 is 15.0 Å². The van der Waals surface area contributed by atoms with Gasteiger partial charge in [-0.15, -0.1) is 0 Å². The number of halogens is 1. The van der Waals surface area contributed by atoms with Crippen LogP contribution >= 0.6 is 0 Å². The molecule has 2 amide bonds. The summed E-state index contributed by atoms with van der Waals surface area (Å²) in [6.07, 6.45) is 3.08. The van der Waals surface area contributed by atoms with E-state index < -0.39 is 0 Å². The third-order valence-corrected chi connectivity index (χ3v) is 5.98. The Morgan fingerprint density at radius 2 is 1.93 bits per heavy atom. The highest BCUT2D eigenvalue weighted by Crippen LogP contribution is 2.26. The number of likely N-dealkylation sites (tertiary alicyclic amines) is 1. The zero-order valence-electron chi connectivity index (χ0n) is 17.0. The van der Waals surface area contributed by atoms with Crippen molar-refractivity contribution in [3.8, 4) is 5.75 Å². The van der Waals surface area contributed by atoms with E-state index in [0.29, 0.717) is 57.5 Å². The minimum absolute atomic E-state index is 0.00272. The Morgan fingerprint density at radius 1 is 1.13 bits per heavy atom. The van der Waals surface area contributed by atoms with Gasteiger partial charge in [-0.05, 0) is 48.1 Å². The van der Waals surface area contributed by atoms with Crippen LogP contribution in [0.15, 0.2) is 42.5 Å². The number of ether oxygens (including phenoxy) is 1. The first kappa shape index (κ1) is 20.4. The lowest BCUT2D eigenvalue weighted by molar-refractivity contribution is -0.135. The van der Waals surface area contributed by atoms with Crippen molar-refractivity contribution in [1.82, 2.24) is 10.2 Å². The van der Waals surface area contributed by atoms with E-state index in [2.05, 4.69) is 11.4 Å². The Bertz CT molecular complexity index is 922. The van der Waals surface area contributed by atoms with Crippen molar-refractivity contribution >= 4 is 11.8 Å². The van der Waals surface area contributed by atoms with E-state index >= 15 is 0 Å². The highest BCUT2D eigenvalue weighted by molar-refractivity contribution is 5.81. The van der Waals surface area contributed by atoms with Gasteiger partial charge in [0.1, 0.15) is 11.6 Å². The molecule has 1 saturated heterocycles. The molecule has 0 bridgehead atoms. The van der Waals surface area contributed by atoms with Crippen molar-refractivity contribution in [1.29, 1.82) is 0 Å². The monoisotopic (exact) mass is 410 g/mol. The Morgan fingerprint density at radius 3 is 2.73 bits per heavy atom. The molecule has 0 radical (unpaired) electrons. The Labute approximate surface area is 176 Å². The second kappa shape index (κ2) is 9.28. The highest BCUT2D eigenvalue weighted by Gasteiger charge is 2.27. The van der Waals surface area contributed by atoms with Crippen LogP contribution in [0.4, 0.5) is 4.39 Å². The summed E-state index contributed by atoms with van der Waals surface area (Å²) in [5.74, 6) is 0.693. The fraction of sp³-hybridized carbons (Fsp3) is 0.417. The summed E-state index contributed by atoms with van der Waals surface area (Å²) in [4.78, 5) is 26.9.